The lowest BCUT2D eigenvalue weighted by molar-refractivity contribution is 0.464. The summed E-state index contributed by atoms with van der Waals surface area (Å²) in [7, 11) is 0. The highest BCUT2D eigenvalue weighted by Gasteiger charge is 2.16. The number of hydrogen-bond donors (Lipinski definition) is 1. The molecule has 1 aromatic heterocycles. The Morgan fingerprint density at radius 2 is 2.35 bits per heavy atom. The number of thioether (sulfide) groups is 2. The summed E-state index contributed by atoms with van der Waals surface area (Å²) in [6.07, 6.45) is 1.66. The van der Waals surface area contributed by atoms with Gasteiger partial charge in [-0.2, -0.15) is 28.6 Å². The molecule has 1 unspecified atom stereocenters. The second-order valence-corrected chi connectivity index (χ2v) is 8.14. The third-order valence-electron chi connectivity index (χ3n) is 2.93. The Balaban J connectivity index is 2.01. The highest BCUT2D eigenvalue weighted by molar-refractivity contribution is 8.06. The van der Waals surface area contributed by atoms with Crippen LogP contribution in [-0.4, -0.2) is 38.8 Å². The third-order valence-corrected chi connectivity index (χ3v) is 6.14. The first-order chi connectivity index (χ1) is 9.58. The van der Waals surface area contributed by atoms with Crippen molar-refractivity contribution in [2.75, 3.05) is 29.1 Å². The molecule has 0 spiro atoms. The smallest absolute Gasteiger partial charge is 0.287 e. The van der Waals surface area contributed by atoms with Crippen molar-refractivity contribution in [3.8, 4) is 0 Å². The van der Waals surface area contributed by atoms with E-state index in [2.05, 4.69) is 10.4 Å². The molecule has 1 aromatic rings. The molecule has 1 saturated heterocycles. The van der Waals surface area contributed by atoms with E-state index < -0.39 is 0 Å². The van der Waals surface area contributed by atoms with Gasteiger partial charge in [0, 0.05) is 35.6 Å². The molecule has 0 amide bonds. The molecule has 1 fully saturated rings. The van der Waals surface area contributed by atoms with Crippen LogP contribution in [0.25, 0.3) is 0 Å². The fourth-order valence-electron chi connectivity index (χ4n) is 1.94. The van der Waals surface area contributed by atoms with Gasteiger partial charge in [-0.15, -0.1) is 0 Å². The molecule has 0 bridgehead atoms. The Morgan fingerprint density at radius 3 is 3.00 bits per heavy atom. The summed E-state index contributed by atoms with van der Waals surface area (Å²) in [5.41, 5.74) is 0.434. The van der Waals surface area contributed by atoms with E-state index in [1.54, 1.807) is 6.20 Å². The summed E-state index contributed by atoms with van der Waals surface area (Å²) in [5.74, 6) is 3.94. The number of halogens is 1. The van der Waals surface area contributed by atoms with Crippen LogP contribution in [0.2, 0.25) is 5.02 Å². The Morgan fingerprint density at radius 1 is 1.55 bits per heavy atom. The van der Waals surface area contributed by atoms with Crippen molar-refractivity contribution in [1.82, 2.24) is 9.78 Å². The van der Waals surface area contributed by atoms with Crippen LogP contribution in [-0.2, 0) is 6.54 Å². The zero-order valence-corrected chi connectivity index (χ0v) is 14.2. The van der Waals surface area contributed by atoms with Gasteiger partial charge < -0.3 is 5.32 Å². The fourth-order valence-corrected chi connectivity index (χ4v) is 4.77. The lowest BCUT2D eigenvalue weighted by atomic mass is 10.2. The van der Waals surface area contributed by atoms with Crippen molar-refractivity contribution in [2.45, 2.75) is 25.6 Å². The van der Waals surface area contributed by atoms with Crippen LogP contribution in [0.1, 0.15) is 13.8 Å². The van der Waals surface area contributed by atoms with Gasteiger partial charge in [0.15, 0.2) is 0 Å². The van der Waals surface area contributed by atoms with Gasteiger partial charge in [0.1, 0.15) is 5.02 Å². The molecule has 1 aliphatic heterocycles. The topological polar surface area (TPSA) is 46.9 Å². The molecule has 0 saturated carbocycles. The minimum absolute atomic E-state index is 0.212. The SMILES string of the molecule is CC(C)Cn1ncc(NCC2CSCCS2)c(Cl)c1=O. The predicted octanol–water partition coefficient (Wildman–Crippen LogP) is 2.81. The molecule has 4 nitrogen and oxygen atoms in total. The van der Waals surface area contributed by atoms with E-state index in [9.17, 15) is 4.79 Å². The first-order valence-corrected chi connectivity index (χ1v) is 9.35. The minimum Gasteiger partial charge on any atom is -0.381 e. The van der Waals surface area contributed by atoms with Crippen molar-refractivity contribution in [2.24, 2.45) is 5.92 Å². The molecule has 2 rings (SSSR count). The molecular formula is C13H20ClN3OS2. The average Bonchev–Trinajstić information content (AvgIpc) is 2.44. The zero-order chi connectivity index (χ0) is 14.5. The maximum Gasteiger partial charge on any atom is 0.287 e. The van der Waals surface area contributed by atoms with Gasteiger partial charge in [-0.05, 0) is 5.92 Å². The van der Waals surface area contributed by atoms with Gasteiger partial charge in [0.05, 0.1) is 11.9 Å². The van der Waals surface area contributed by atoms with Crippen LogP contribution in [0.4, 0.5) is 5.69 Å². The number of nitrogens with one attached hydrogen (secondary N) is 1. The molecule has 7 heteroatoms. The summed E-state index contributed by atoms with van der Waals surface area (Å²) in [6.45, 7) is 5.51. The molecule has 0 aromatic carbocycles. The second-order valence-electron chi connectivity index (χ2n) is 5.20. The lowest BCUT2D eigenvalue weighted by Crippen LogP contribution is -2.28. The fraction of sp³-hybridized carbons (Fsp3) is 0.692. The zero-order valence-electron chi connectivity index (χ0n) is 11.8. The van der Waals surface area contributed by atoms with E-state index in [1.807, 2.05) is 37.4 Å². The summed E-state index contributed by atoms with van der Waals surface area (Å²) in [5, 5.41) is 8.27. The molecule has 1 aliphatic rings. The number of nitrogens with zero attached hydrogens (tertiary/aromatic N) is 2. The highest BCUT2D eigenvalue weighted by Crippen LogP contribution is 2.25. The maximum atomic E-state index is 12.1. The van der Waals surface area contributed by atoms with Gasteiger partial charge in [-0.1, -0.05) is 25.4 Å². The number of aromatic nitrogens is 2. The molecule has 1 N–H and O–H groups in total. The van der Waals surface area contributed by atoms with Crippen LogP contribution in [0.5, 0.6) is 0 Å². The summed E-state index contributed by atoms with van der Waals surface area (Å²) < 4.78 is 1.43. The van der Waals surface area contributed by atoms with Crippen molar-refractivity contribution in [3.05, 3.63) is 21.6 Å². The molecule has 1 atom stereocenters. The van der Waals surface area contributed by atoms with E-state index in [4.69, 9.17) is 11.6 Å². The average molecular weight is 334 g/mol. The highest BCUT2D eigenvalue weighted by atomic mass is 35.5. The third kappa shape index (κ3) is 4.33. The standard InChI is InChI=1S/C13H20ClN3OS2/c1-9(2)7-17-13(18)12(14)11(6-16-17)15-5-10-8-19-3-4-20-10/h6,9-10,15H,3-5,7-8H2,1-2H3. The van der Waals surface area contributed by atoms with Gasteiger partial charge in [0.25, 0.3) is 5.56 Å². The molecule has 0 radical (unpaired) electrons. The number of hydrogen-bond acceptors (Lipinski definition) is 5. The van der Waals surface area contributed by atoms with Gasteiger partial charge in [-0.25, -0.2) is 4.68 Å². The van der Waals surface area contributed by atoms with Gasteiger partial charge in [-0.3, -0.25) is 4.79 Å². The Kier molecular flexibility index (Phi) is 6.11. The van der Waals surface area contributed by atoms with Crippen molar-refractivity contribution >= 4 is 40.8 Å². The van der Waals surface area contributed by atoms with E-state index in [1.165, 1.54) is 16.2 Å². The quantitative estimate of drug-likeness (QED) is 0.897. The maximum absolute atomic E-state index is 12.1. The largest absolute Gasteiger partial charge is 0.381 e. The molecule has 0 aliphatic carbocycles. The molecule has 2 heterocycles. The minimum atomic E-state index is -0.212. The van der Waals surface area contributed by atoms with E-state index >= 15 is 0 Å². The van der Waals surface area contributed by atoms with Crippen molar-refractivity contribution in [3.63, 3.8) is 0 Å². The van der Waals surface area contributed by atoms with Crippen LogP contribution < -0.4 is 10.9 Å². The normalized spacial score (nSPS) is 19.3. The molecule has 20 heavy (non-hydrogen) atoms. The van der Waals surface area contributed by atoms with Gasteiger partial charge >= 0.3 is 0 Å². The van der Waals surface area contributed by atoms with Crippen LogP contribution in [0, 0.1) is 5.92 Å². The Labute approximate surface area is 133 Å². The van der Waals surface area contributed by atoms with E-state index in [0.29, 0.717) is 23.4 Å². The Hall–Kier alpha value is -0.330. The van der Waals surface area contributed by atoms with Crippen LogP contribution >= 0.6 is 35.1 Å². The first kappa shape index (κ1) is 16.0. The second kappa shape index (κ2) is 7.61. The molecule has 112 valence electrons. The number of rotatable bonds is 5. The summed E-state index contributed by atoms with van der Waals surface area (Å²) >= 11 is 10.1. The van der Waals surface area contributed by atoms with Crippen molar-refractivity contribution in [1.29, 1.82) is 0 Å². The van der Waals surface area contributed by atoms with Gasteiger partial charge in [0.2, 0.25) is 0 Å². The summed E-state index contributed by atoms with van der Waals surface area (Å²) in [6, 6.07) is 0. The monoisotopic (exact) mass is 333 g/mol. The first-order valence-electron chi connectivity index (χ1n) is 6.76. The van der Waals surface area contributed by atoms with Crippen molar-refractivity contribution < 1.29 is 0 Å². The summed E-state index contributed by atoms with van der Waals surface area (Å²) in [4.78, 5) is 12.1. The van der Waals surface area contributed by atoms with Crippen LogP contribution in [0.15, 0.2) is 11.0 Å². The molecular weight excluding hydrogens is 314 g/mol. The lowest BCUT2D eigenvalue weighted by Gasteiger charge is -2.21. The van der Waals surface area contributed by atoms with E-state index in [-0.39, 0.29) is 10.6 Å². The predicted molar refractivity (Wildman–Crippen MR) is 90.4 cm³/mol. The van der Waals surface area contributed by atoms with E-state index in [0.717, 1.165) is 12.3 Å². The van der Waals surface area contributed by atoms with Crippen LogP contribution in [0.3, 0.4) is 0 Å². The number of anilines is 1. The Bertz CT molecular complexity index is 501.